The molecule has 0 radical (unpaired) electrons. The zero-order chi connectivity index (χ0) is 32.8. The quantitative estimate of drug-likeness (QED) is 0.0821. The van der Waals surface area contributed by atoms with E-state index in [2.05, 4.69) is 10.2 Å². The van der Waals surface area contributed by atoms with E-state index in [9.17, 15) is 19.1 Å². The highest BCUT2D eigenvalue weighted by Gasteiger charge is 2.45. The molecule has 0 saturated carbocycles. The van der Waals surface area contributed by atoms with Gasteiger partial charge in [0, 0.05) is 5.75 Å². The molecule has 0 fully saturated rings. The molecule has 236 valence electrons. The van der Waals surface area contributed by atoms with Crippen LogP contribution in [0.3, 0.4) is 0 Å². The van der Waals surface area contributed by atoms with Crippen LogP contribution in [0.5, 0.6) is 11.5 Å². The van der Waals surface area contributed by atoms with Gasteiger partial charge < -0.3 is 14.6 Å². The third kappa shape index (κ3) is 7.26. The molecule has 1 amide bonds. The summed E-state index contributed by atoms with van der Waals surface area (Å²) in [5.74, 6) is -0.943. The Morgan fingerprint density at radius 3 is 2.40 bits per heavy atom. The maximum Gasteiger partial charge on any atom is 0.296 e. The minimum absolute atomic E-state index is 0.0992. The molecule has 2 heterocycles. The van der Waals surface area contributed by atoms with Gasteiger partial charge in [-0.2, -0.15) is 0 Å². The Balaban J connectivity index is 1.33. The number of methoxy groups -OCH3 is 1. The number of nitrogens with zero attached hydrogens (tertiary/aromatic N) is 3. The molecule has 1 unspecified atom stereocenters. The van der Waals surface area contributed by atoms with Crippen LogP contribution in [0.15, 0.2) is 125 Å². The van der Waals surface area contributed by atoms with Gasteiger partial charge >= 0.3 is 0 Å². The summed E-state index contributed by atoms with van der Waals surface area (Å²) >= 11 is 2.52. The van der Waals surface area contributed by atoms with Crippen LogP contribution in [-0.4, -0.2) is 34.1 Å². The van der Waals surface area contributed by atoms with Gasteiger partial charge in [-0.05, 0) is 52.6 Å². The highest BCUT2D eigenvalue weighted by molar-refractivity contribution is 8.00. The first kappa shape index (κ1) is 31.7. The predicted octanol–water partition coefficient (Wildman–Crippen LogP) is 7.74. The van der Waals surface area contributed by atoms with E-state index < -0.39 is 23.5 Å². The van der Waals surface area contributed by atoms with Crippen molar-refractivity contribution < 1.29 is 28.6 Å². The van der Waals surface area contributed by atoms with Gasteiger partial charge in [0.2, 0.25) is 5.13 Å². The molecule has 1 atom stereocenters. The molecule has 8 nitrogen and oxygen atoms in total. The number of ketones is 1. The molecule has 0 bridgehead atoms. The summed E-state index contributed by atoms with van der Waals surface area (Å²) in [5, 5.41) is 19.9. The van der Waals surface area contributed by atoms with Crippen molar-refractivity contribution in [3.05, 3.63) is 149 Å². The van der Waals surface area contributed by atoms with E-state index in [4.69, 9.17) is 9.47 Å². The summed E-state index contributed by atoms with van der Waals surface area (Å²) in [5.41, 5.74) is 3.05. The number of anilines is 1. The summed E-state index contributed by atoms with van der Waals surface area (Å²) in [7, 11) is 1.50. The molecule has 1 aromatic heterocycles. The average Bonchev–Trinajstić information content (AvgIpc) is 3.68. The van der Waals surface area contributed by atoms with Gasteiger partial charge in [0.1, 0.15) is 12.4 Å². The topological polar surface area (TPSA) is 102 Å². The second-order valence-corrected chi connectivity index (χ2v) is 12.6. The van der Waals surface area contributed by atoms with Crippen LogP contribution in [-0.2, 0) is 21.9 Å². The van der Waals surface area contributed by atoms with E-state index in [0.717, 1.165) is 28.0 Å². The minimum Gasteiger partial charge on any atom is -0.503 e. The number of thioether (sulfide) groups is 1. The Hall–Kier alpha value is -5.26. The molecule has 1 N–H and O–H groups in total. The molecular weight excluding hydrogens is 638 g/mol. The maximum absolute atomic E-state index is 13.7. The smallest absolute Gasteiger partial charge is 0.296 e. The van der Waals surface area contributed by atoms with Gasteiger partial charge in [0.15, 0.2) is 27.4 Å². The van der Waals surface area contributed by atoms with Gasteiger partial charge in [0.05, 0.1) is 18.7 Å². The minimum atomic E-state index is -1.03. The second kappa shape index (κ2) is 14.4. The third-order valence-corrected chi connectivity index (χ3v) is 9.45. The SMILES string of the molecule is COc1cc(C2C(C(=O)C=Cc3ccccc3)=C(O)C(=O)N2c2nnc(SCc3ccc(F)cc3)s2)ccc1OCc1ccccc1. The lowest BCUT2D eigenvalue weighted by Crippen LogP contribution is -2.30. The van der Waals surface area contributed by atoms with E-state index in [0.29, 0.717) is 33.8 Å². The van der Waals surface area contributed by atoms with E-state index in [1.54, 1.807) is 36.4 Å². The monoisotopic (exact) mass is 665 g/mol. The lowest BCUT2D eigenvalue weighted by Gasteiger charge is -2.24. The van der Waals surface area contributed by atoms with E-state index in [1.165, 1.54) is 42.0 Å². The van der Waals surface area contributed by atoms with Crippen LogP contribution in [0.1, 0.15) is 28.3 Å². The summed E-state index contributed by atoms with van der Waals surface area (Å²) in [6.07, 6.45) is 2.96. The van der Waals surface area contributed by atoms with Crippen LogP contribution in [0, 0.1) is 5.82 Å². The van der Waals surface area contributed by atoms with Crippen molar-refractivity contribution in [3.63, 3.8) is 0 Å². The first-order chi connectivity index (χ1) is 22.9. The zero-order valence-corrected chi connectivity index (χ0v) is 26.7. The average molecular weight is 666 g/mol. The van der Waals surface area contributed by atoms with E-state index in [1.807, 2.05) is 60.7 Å². The van der Waals surface area contributed by atoms with Gasteiger partial charge in [-0.25, -0.2) is 4.39 Å². The first-order valence-corrected chi connectivity index (χ1v) is 16.3. The number of aromatic nitrogens is 2. The van der Waals surface area contributed by atoms with E-state index >= 15 is 0 Å². The second-order valence-electron chi connectivity index (χ2n) is 10.4. The van der Waals surface area contributed by atoms with Gasteiger partial charge in [-0.3, -0.25) is 14.5 Å². The number of carbonyl (C=O) groups excluding carboxylic acids is 2. The number of aliphatic hydroxyl groups excluding tert-OH is 1. The Morgan fingerprint density at radius 1 is 0.957 bits per heavy atom. The van der Waals surface area contributed by atoms with Crippen LogP contribution in [0.25, 0.3) is 6.08 Å². The summed E-state index contributed by atoms with van der Waals surface area (Å²) < 4.78 is 25.6. The number of hydrogen-bond donors (Lipinski definition) is 1. The summed E-state index contributed by atoms with van der Waals surface area (Å²) in [4.78, 5) is 28.6. The Kier molecular flexibility index (Phi) is 9.75. The Morgan fingerprint density at radius 2 is 1.68 bits per heavy atom. The van der Waals surface area contributed by atoms with Crippen LogP contribution in [0.4, 0.5) is 9.52 Å². The summed E-state index contributed by atoms with van der Waals surface area (Å²) in [6, 6.07) is 29.2. The first-order valence-electron chi connectivity index (χ1n) is 14.5. The van der Waals surface area contributed by atoms with Crippen LogP contribution >= 0.6 is 23.1 Å². The highest BCUT2D eigenvalue weighted by Crippen LogP contribution is 2.45. The number of rotatable bonds is 12. The number of benzene rings is 4. The number of aliphatic hydroxyl groups is 1. The molecule has 0 saturated heterocycles. The number of amides is 1. The molecule has 5 aromatic rings. The number of allylic oxidation sites excluding steroid dienone is 1. The van der Waals surface area contributed by atoms with E-state index in [-0.39, 0.29) is 16.5 Å². The van der Waals surface area contributed by atoms with Crippen molar-refractivity contribution in [2.75, 3.05) is 12.0 Å². The Labute approximate surface area is 278 Å². The fraction of sp³-hybridized carbons (Fsp3) is 0.111. The van der Waals surface area contributed by atoms with Gasteiger partial charge in [-0.15, -0.1) is 10.2 Å². The molecule has 6 rings (SSSR count). The molecule has 47 heavy (non-hydrogen) atoms. The lowest BCUT2D eigenvalue weighted by molar-refractivity contribution is -0.117. The van der Waals surface area contributed by atoms with Crippen LogP contribution in [0.2, 0.25) is 0 Å². The third-order valence-electron chi connectivity index (χ3n) is 7.32. The van der Waals surface area contributed by atoms with Crippen molar-refractivity contribution >= 4 is 46.0 Å². The highest BCUT2D eigenvalue weighted by atomic mass is 32.2. The zero-order valence-electron chi connectivity index (χ0n) is 25.1. The van der Waals surface area contributed by atoms with Crippen molar-refractivity contribution in [1.29, 1.82) is 0 Å². The molecular formula is C36H28FN3O5S2. The molecule has 0 aliphatic carbocycles. The fourth-order valence-electron chi connectivity index (χ4n) is 4.99. The normalized spacial score (nSPS) is 14.6. The number of ether oxygens (including phenoxy) is 2. The Bertz CT molecular complexity index is 1950. The standard InChI is InChI=1S/C36H28FN3O5S2/c1-44-30-20-26(15-19-29(30)45-21-24-10-6-3-7-11-24)32-31(28(41)18-14-23-8-4-2-5-9-23)33(42)34(43)40(32)35-38-39-36(47-35)46-22-25-12-16-27(37)17-13-25/h2-20,32,42H,21-22H2,1H3. The van der Waals surface area contributed by atoms with Gasteiger partial charge in [0.25, 0.3) is 5.91 Å². The molecule has 0 spiro atoms. The largest absolute Gasteiger partial charge is 0.503 e. The molecule has 1 aliphatic heterocycles. The number of hydrogen-bond acceptors (Lipinski definition) is 9. The maximum atomic E-state index is 13.7. The summed E-state index contributed by atoms with van der Waals surface area (Å²) in [6.45, 7) is 0.308. The number of carbonyl (C=O) groups is 2. The van der Waals surface area contributed by atoms with Crippen molar-refractivity contribution in [1.82, 2.24) is 10.2 Å². The molecule has 11 heteroatoms. The van der Waals surface area contributed by atoms with Crippen molar-refractivity contribution in [3.8, 4) is 11.5 Å². The fourth-order valence-corrected chi connectivity index (χ4v) is 6.81. The van der Waals surface area contributed by atoms with Crippen molar-refractivity contribution in [2.24, 2.45) is 0 Å². The molecule has 4 aromatic carbocycles. The van der Waals surface area contributed by atoms with Gasteiger partial charge in [-0.1, -0.05) is 108 Å². The van der Waals surface area contributed by atoms with Crippen molar-refractivity contribution in [2.45, 2.75) is 22.7 Å². The van der Waals surface area contributed by atoms with Crippen LogP contribution < -0.4 is 14.4 Å². The lowest BCUT2D eigenvalue weighted by atomic mass is 9.95. The predicted molar refractivity (Wildman–Crippen MR) is 180 cm³/mol. The number of halogens is 1. The molecule has 1 aliphatic rings.